The number of carbonyl (C=O) groups excluding carboxylic acids is 1. The van der Waals surface area contributed by atoms with Crippen LogP contribution in [0.2, 0.25) is 0 Å². The normalized spacial score (nSPS) is 11.8. The van der Waals surface area contributed by atoms with Gasteiger partial charge in [-0.2, -0.15) is 5.10 Å². The van der Waals surface area contributed by atoms with Gasteiger partial charge in [0.15, 0.2) is 11.6 Å². The molecule has 6 heteroatoms. The van der Waals surface area contributed by atoms with E-state index in [0.717, 1.165) is 35.0 Å². The summed E-state index contributed by atoms with van der Waals surface area (Å²) in [5, 5.41) is 10.2. The lowest BCUT2D eigenvalue weighted by Crippen LogP contribution is -2.14. The zero-order chi connectivity index (χ0) is 20.0. The van der Waals surface area contributed by atoms with E-state index < -0.39 is 17.5 Å². The van der Waals surface area contributed by atoms with Gasteiger partial charge in [-0.25, -0.2) is 8.78 Å². The Bertz CT molecular complexity index is 1250. The van der Waals surface area contributed by atoms with Crippen LogP contribution in [0.25, 0.3) is 22.5 Å². The molecule has 2 N–H and O–H groups in total. The van der Waals surface area contributed by atoms with Crippen molar-refractivity contribution in [3.05, 3.63) is 95.1 Å². The van der Waals surface area contributed by atoms with Crippen molar-refractivity contribution in [1.82, 2.24) is 10.2 Å². The third-order valence-electron chi connectivity index (χ3n) is 5.13. The van der Waals surface area contributed by atoms with Crippen molar-refractivity contribution in [2.24, 2.45) is 0 Å². The number of anilines is 1. The van der Waals surface area contributed by atoms with Crippen LogP contribution in [0.3, 0.4) is 0 Å². The summed E-state index contributed by atoms with van der Waals surface area (Å²) in [7, 11) is 0. The van der Waals surface area contributed by atoms with Crippen LogP contribution in [0.5, 0.6) is 0 Å². The number of aromatic nitrogens is 2. The van der Waals surface area contributed by atoms with Gasteiger partial charge in [0, 0.05) is 28.8 Å². The third-order valence-corrected chi connectivity index (χ3v) is 5.13. The Morgan fingerprint density at radius 2 is 1.76 bits per heavy atom. The van der Waals surface area contributed by atoms with Crippen LogP contribution < -0.4 is 5.32 Å². The van der Waals surface area contributed by atoms with Crippen LogP contribution >= 0.6 is 0 Å². The highest BCUT2D eigenvalue weighted by Crippen LogP contribution is 2.39. The van der Waals surface area contributed by atoms with E-state index in [1.165, 1.54) is 23.3 Å². The summed E-state index contributed by atoms with van der Waals surface area (Å²) in [5.41, 5.74) is 6.53. The van der Waals surface area contributed by atoms with Crippen molar-refractivity contribution in [3.63, 3.8) is 0 Å². The van der Waals surface area contributed by atoms with Crippen LogP contribution in [-0.2, 0) is 6.42 Å². The Balaban J connectivity index is 1.39. The maximum absolute atomic E-state index is 13.8. The minimum atomic E-state index is -1.16. The van der Waals surface area contributed by atoms with E-state index >= 15 is 0 Å². The van der Waals surface area contributed by atoms with Crippen molar-refractivity contribution >= 4 is 11.6 Å². The maximum Gasteiger partial charge on any atom is 0.258 e. The van der Waals surface area contributed by atoms with Gasteiger partial charge < -0.3 is 5.32 Å². The molecule has 0 spiro atoms. The van der Waals surface area contributed by atoms with Gasteiger partial charge in [0.05, 0.1) is 17.0 Å². The molecule has 1 amide bonds. The fourth-order valence-corrected chi connectivity index (χ4v) is 3.70. The Morgan fingerprint density at radius 3 is 2.59 bits per heavy atom. The number of halogens is 2. The zero-order valence-corrected chi connectivity index (χ0v) is 15.2. The summed E-state index contributed by atoms with van der Waals surface area (Å²) in [6.07, 6.45) is 0.814. The molecule has 4 nitrogen and oxygen atoms in total. The summed E-state index contributed by atoms with van der Waals surface area (Å²) in [6, 6.07) is 18.9. The average molecular weight is 387 g/mol. The molecule has 0 bridgehead atoms. The fourth-order valence-electron chi connectivity index (χ4n) is 3.70. The van der Waals surface area contributed by atoms with Gasteiger partial charge in [-0.1, -0.05) is 42.5 Å². The minimum Gasteiger partial charge on any atom is -0.322 e. The second-order valence-electron chi connectivity index (χ2n) is 6.89. The molecular formula is C23H15F2N3O. The Labute approximate surface area is 165 Å². The van der Waals surface area contributed by atoms with Gasteiger partial charge in [-0.3, -0.25) is 9.89 Å². The number of hydrogen-bond acceptors (Lipinski definition) is 2. The highest BCUT2D eigenvalue weighted by molar-refractivity contribution is 6.04. The molecule has 0 aliphatic heterocycles. The first kappa shape index (κ1) is 17.3. The van der Waals surface area contributed by atoms with Gasteiger partial charge in [0.2, 0.25) is 0 Å². The largest absolute Gasteiger partial charge is 0.322 e. The number of nitrogens with zero attached hydrogens (tertiary/aromatic N) is 1. The molecule has 0 saturated carbocycles. The zero-order valence-electron chi connectivity index (χ0n) is 15.2. The topological polar surface area (TPSA) is 57.8 Å². The molecule has 0 saturated heterocycles. The number of amides is 1. The monoisotopic (exact) mass is 387 g/mol. The molecule has 1 aliphatic rings. The average Bonchev–Trinajstić information content (AvgIpc) is 3.30. The number of nitrogens with one attached hydrogen (secondary N) is 2. The number of rotatable bonds is 3. The number of fused-ring (bicyclic) bond motifs is 3. The summed E-state index contributed by atoms with van der Waals surface area (Å²) in [5.74, 6) is -2.92. The van der Waals surface area contributed by atoms with E-state index in [1.54, 1.807) is 12.1 Å². The first-order chi connectivity index (χ1) is 14.1. The number of hydrogen-bond donors (Lipinski definition) is 2. The van der Waals surface area contributed by atoms with Crippen LogP contribution in [0.15, 0.2) is 66.7 Å². The minimum absolute atomic E-state index is 0.336. The Kier molecular flexibility index (Phi) is 3.98. The Morgan fingerprint density at radius 1 is 0.966 bits per heavy atom. The second-order valence-corrected chi connectivity index (χ2v) is 6.89. The van der Waals surface area contributed by atoms with Crippen molar-refractivity contribution < 1.29 is 13.6 Å². The standard InChI is InChI=1S/C23H15F2N3O/c24-19-7-3-6-17(20(19)25)23(29)26-15-10-8-13(9-11-15)21-18-12-14-4-1-2-5-16(14)22(18)28-27-21/h1-11H,12H2,(H,26,29)(H,27,28). The van der Waals surface area contributed by atoms with Crippen molar-refractivity contribution in [1.29, 1.82) is 0 Å². The maximum atomic E-state index is 13.8. The molecule has 1 aliphatic carbocycles. The van der Waals surface area contributed by atoms with Crippen molar-refractivity contribution in [3.8, 4) is 22.5 Å². The van der Waals surface area contributed by atoms with Gasteiger partial charge in [0.1, 0.15) is 0 Å². The molecule has 142 valence electrons. The molecule has 0 atom stereocenters. The van der Waals surface area contributed by atoms with Crippen LogP contribution in [-0.4, -0.2) is 16.1 Å². The number of benzene rings is 3. The van der Waals surface area contributed by atoms with E-state index in [4.69, 9.17) is 0 Å². The fraction of sp³-hybridized carbons (Fsp3) is 0.0435. The van der Waals surface area contributed by atoms with E-state index in [2.05, 4.69) is 27.6 Å². The quantitative estimate of drug-likeness (QED) is 0.448. The molecule has 1 aromatic heterocycles. The first-order valence-corrected chi connectivity index (χ1v) is 9.13. The molecule has 0 unspecified atom stereocenters. The van der Waals surface area contributed by atoms with Gasteiger partial charge in [-0.15, -0.1) is 0 Å². The lowest BCUT2D eigenvalue weighted by molar-refractivity contribution is 0.102. The number of H-pyrrole nitrogens is 1. The van der Waals surface area contributed by atoms with Gasteiger partial charge in [0.25, 0.3) is 5.91 Å². The highest BCUT2D eigenvalue weighted by atomic mass is 19.2. The SMILES string of the molecule is O=C(Nc1ccc(-c2n[nH]c3c2Cc2ccccc2-3)cc1)c1cccc(F)c1F. The highest BCUT2D eigenvalue weighted by Gasteiger charge is 2.24. The van der Waals surface area contributed by atoms with Crippen LogP contribution in [0, 0.1) is 11.6 Å². The van der Waals surface area contributed by atoms with Crippen molar-refractivity contribution in [2.45, 2.75) is 6.42 Å². The lowest BCUT2D eigenvalue weighted by atomic mass is 10.1. The van der Waals surface area contributed by atoms with Crippen LogP contribution in [0.1, 0.15) is 21.5 Å². The molecule has 5 rings (SSSR count). The molecule has 1 heterocycles. The second kappa shape index (κ2) is 6.67. The lowest BCUT2D eigenvalue weighted by Gasteiger charge is -2.07. The molecule has 3 aromatic carbocycles. The molecule has 29 heavy (non-hydrogen) atoms. The van der Waals surface area contributed by atoms with Gasteiger partial charge >= 0.3 is 0 Å². The third kappa shape index (κ3) is 2.89. The van der Waals surface area contributed by atoms with E-state index in [9.17, 15) is 13.6 Å². The van der Waals surface area contributed by atoms with E-state index in [0.29, 0.717) is 5.69 Å². The Hall–Kier alpha value is -3.80. The molecule has 0 radical (unpaired) electrons. The van der Waals surface area contributed by atoms with Gasteiger partial charge in [-0.05, 0) is 29.8 Å². The number of carbonyl (C=O) groups is 1. The predicted octanol–water partition coefficient (Wildman–Crippen LogP) is 5.18. The first-order valence-electron chi connectivity index (χ1n) is 9.13. The van der Waals surface area contributed by atoms with E-state index in [1.807, 2.05) is 24.3 Å². The summed E-state index contributed by atoms with van der Waals surface area (Å²) < 4.78 is 27.1. The molecule has 0 fully saturated rings. The summed E-state index contributed by atoms with van der Waals surface area (Å²) in [6.45, 7) is 0. The summed E-state index contributed by atoms with van der Waals surface area (Å²) >= 11 is 0. The smallest absolute Gasteiger partial charge is 0.258 e. The summed E-state index contributed by atoms with van der Waals surface area (Å²) in [4.78, 5) is 12.2. The molecular weight excluding hydrogens is 372 g/mol. The number of aromatic amines is 1. The predicted molar refractivity (Wildman–Crippen MR) is 107 cm³/mol. The van der Waals surface area contributed by atoms with Crippen LogP contribution in [0.4, 0.5) is 14.5 Å². The van der Waals surface area contributed by atoms with Crippen molar-refractivity contribution in [2.75, 3.05) is 5.32 Å². The van der Waals surface area contributed by atoms with E-state index in [-0.39, 0.29) is 5.56 Å². The molecule has 4 aromatic rings.